The molecule has 0 heterocycles. The quantitative estimate of drug-likeness (QED) is 0.0146. The molecule has 0 saturated heterocycles. The number of carbonyl (C=O) groups excluding carboxylic acids is 8. The first-order valence-corrected chi connectivity index (χ1v) is 20.7. The van der Waals surface area contributed by atoms with Crippen molar-refractivity contribution in [3.8, 4) is 11.5 Å². The molecule has 4 atom stereocenters. The third-order valence-corrected chi connectivity index (χ3v) is 8.99. The van der Waals surface area contributed by atoms with Crippen molar-refractivity contribution < 1.29 is 77.3 Å². The maximum absolute atomic E-state index is 13.0. The molecule has 66 heavy (non-hydrogen) atoms. The molecule has 0 saturated carbocycles. The molecule has 0 bridgehead atoms. The minimum Gasteiger partial charge on any atom is -0.493 e. The zero-order valence-electron chi connectivity index (χ0n) is 36.9. The number of aliphatic carboxylic acids is 2. The van der Waals surface area contributed by atoms with Crippen LogP contribution in [0.5, 0.6) is 11.5 Å². The maximum Gasteiger partial charge on any atom is 0.306 e. The van der Waals surface area contributed by atoms with Gasteiger partial charge in [0.2, 0.25) is 41.4 Å². The molecule has 0 radical (unpaired) electrons. The second-order valence-corrected chi connectivity index (χ2v) is 14.5. The molecule has 0 aromatic heterocycles. The molecular formula is C39H60N10O17. The van der Waals surface area contributed by atoms with Gasteiger partial charge in [0.1, 0.15) is 18.2 Å². The van der Waals surface area contributed by atoms with Crippen LogP contribution in [0.3, 0.4) is 0 Å². The number of nitrogens with zero attached hydrogens (tertiary/aromatic N) is 1. The maximum atomic E-state index is 13.0. The molecule has 13 N–H and O–H groups in total. The number of nitrogens with two attached hydrogens (primary N) is 2. The Kier molecular flexibility index (Phi) is 26.6. The minimum atomic E-state index is -1.80. The van der Waals surface area contributed by atoms with Gasteiger partial charge in [0, 0.05) is 25.4 Å². The summed E-state index contributed by atoms with van der Waals surface area (Å²) in [4.78, 5) is 132. The second-order valence-electron chi connectivity index (χ2n) is 14.5. The van der Waals surface area contributed by atoms with Crippen LogP contribution in [0, 0.1) is 10.1 Å². The number of esters is 1. The molecular weight excluding hydrogens is 880 g/mol. The Morgan fingerprint density at radius 2 is 1.27 bits per heavy atom. The molecule has 27 nitrogen and oxygen atoms in total. The van der Waals surface area contributed by atoms with E-state index in [1.165, 1.54) is 20.1 Å². The third-order valence-electron chi connectivity index (χ3n) is 8.99. The molecule has 1 aromatic rings. The van der Waals surface area contributed by atoms with Gasteiger partial charge >= 0.3 is 17.9 Å². The number of nitro groups is 1. The highest BCUT2D eigenvalue weighted by Crippen LogP contribution is 2.38. The summed E-state index contributed by atoms with van der Waals surface area (Å²) in [7, 11) is 1.34. The summed E-state index contributed by atoms with van der Waals surface area (Å²) < 4.78 is 16.3. The smallest absolute Gasteiger partial charge is 0.306 e. The third kappa shape index (κ3) is 23.5. The fourth-order valence-corrected chi connectivity index (χ4v) is 5.63. The lowest BCUT2D eigenvalue weighted by Crippen LogP contribution is -2.56. The number of nitrogens with one attached hydrogen (secondary N) is 7. The van der Waals surface area contributed by atoms with E-state index in [2.05, 4.69) is 37.2 Å². The zero-order valence-corrected chi connectivity index (χ0v) is 36.9. The monoisotopic (exact) mass is 940 g/mol. The summed E-state index contributed by atoms with van der Waals surface area (Å²) in [6.45, 7) is 1.47. The van der Waals surface area contributed by atoms with Crippen LogP contribution < -0.4 is 58.2 Å². The van der Waals surface area contributed by atoms with Crippen LogP contribution in [0.25, 0.3) is 0 Å². The second kappa shape index (κ2) is 30.8. The van der Waals surface area contributed by atoms with Crippen molar-refractivity contribution in [2.75, 3.05) is 53.0 Å². The molecule has 0 fully saturated rings. The molecule has 0 aliphatic rings. The van der Waals surface area contributed by atoms with E-state index in [4.69, 9.17) is 25.7 Å². The van der Waals surface area contributed by atoms with Gasteiger partial charge in [0.05, 0.1) is 69.3 Å². The van der Waals surface area contributed by atoms with Gasteiger partial charge < -0.3 is 73.1 Å². The van der Waals surface area contributed by atoms with Crippen LogP contribution >= 0.6 is 0 Å². The fourth-order valence-electron chi connectivity index (χ4n) is 5.63. The van der Waals surface area contributed by atoms with Gasteiger partial charge in [0.15, 0.2) is 11.5 Å². The molecule has 0 spiro atoms. The van der Waals surface area contributed by atoms with E-state index >= 15 is 0 Å². The normalized spacial score (nSPS) is 12.4. The number of carboxylic acids is 2. The molecule has 4 unspecified atom stereocenters. The van der Waals surface area contributed by atoms with Crippen molar-refractivity contribution in [1.29, 1.82) is 0 Å². The highest BCUT2D eigenvalue weighted by atomic mass is 16.6. The number of methoxy groups -OCH3 is 1. The Hall–Kier alpha value is -7.16. The number of unbranched alkanes of at least 4 members (excludes halogenated alkanes) is 1. The number of nitro benzene ring substituents is 1. The van der Waals surface area contributed by atoms with Crippen molar-refractivity contribution in [3.63, 3.8) is 0 Å². The summed E-state index contributed by atoms with van der Waals surface area (Å²) in [6.07, 6.45) is -0.767. The van der Waals surface area contributed by atoms with E-state index in [1.54, 1.807) is 6.92 Å². The number of benzene rings is 1. The molecule has 0 aliphatic carbocycles. The first-order chi connectivity index (χ1) is 31.2. The number of amides is 7. The van der Waals surface area contributed by atoms with E-state index in [0.29, 0.717) is 25.7 Å². The SMILES string of the molecule is COc1cc(C(C)OC(=O)CCCN)c([N+](=O)[O-])cc1OCCCC(=O)NCCCCC(C)NC(=O)C(CC(=O)O)NC(=O)C(CC(=O)O)NC(=O)CNC(=O)CNC(=O)CNC(=O)CN. The van der Waals surface area contributed by atoms with E-state index < -0.39 is 115 Å². The topological polar surface area (TPSA) is 418 Å². The van der Waals surface area contributed by atoms with Crippen LogP contribution in [0.15, 0.2) is 12.1 Å². The summed E-state index contributed by atoms with van der Waals surface area (Å²) >= 11 is 0. The van der Waals surface area contributed by atoms with Gasteiger partial charge in [-0.1, -0.05) is 0 Å². The number of hydrogen-bond donors (Lipinski definition) is 11. The van der Waals surface area contributed by atoms with Crippen LogP contribution in [-0.2, 0) is 52.7 Å². The average molecular weight is 941 g/mol. The molecule has 7 amide bonds. The highest BCUT2D eigenvalue weighted by Gasteiger charge is 2.31. The first-order valence-electron chi connectivity index (χ1n) is 20.7. The number of hydrogen-bond acceptors (Lipinski definition) is 17. The number of carbonyl (C=O) groups is 10. The fraction of sp³-hybridized carbons (Fsp3) is 0.590. The van der Waals surface area contributed by atoms with E-state index in [9.17, 15) is 68.3 Å². The summed E-state index contributed by atoms with van der Waals surface area (Å²) in [5.41, 5.74) is 10.3. The molecule has 368 valence electrons. The highest BCUT2D eigenvalue weighted by molar-refractivity contribution is 5.96. The standard InChI is InChI=1S/C39H60N10O17/c1-22(8-4-5-12-42-30(50)9-7-13-65-29-17-27(49(62)63)24(14-28(29)64-3)23(2)66-37(59)10-6-11-40)46-38(60)26(16-36(57)58)48-39(61)25(15-35(55)56)47-34(54)21-45-33(53)20-44-32(52)19-43-31(51)18-41/h14,17,22-23,25-26H,4-13,15-16,18-21,40-41H2,1-3H3,(H,42,50)(H,43,51)(H,44,52)(H,45,53)(H,46,60)(H,47,54)(H,48,61)(H,55,56)(H,57,58). The van der Waals surface area contributed by atoms with Gasteiger partial charge in [-0.05, 0) is 58.6 Å². The molecule has 27 heteroatoms. The Balaban J connectivity index is 2.60. The van der Waals surface area contributed by atoms with Crippen LogP contribution in [0.2, 0.25) is 0 Å². The molecule has 1 aromatic carbocycles. The summed E-state index contributed by atoms with van der Waals surface area (Å²) in [5, 5.41) is 46.6. The predicted molar refractivity (Wildman–Crippen MR) is 228 cm³/mol. The Bertz CT molecular complexity index is 1880. The van der Waals surface area contributed by atoms with E-state index in [0.717, 1.165) is 6.07 Å². The van der Waals surface area contributed by atoms with Crippen molar-refractivity contribution in [2.45, 2.75) is 95.9 Å². The zero-order chi connectivity index (χ0) is 49.8. The number of carboxylic acid groups (broad SMARTS) is 2. The van der Waals surface area contributed by atoms with Crippen LogP contribution in [0.4, 0.5) is 5.69 Å². The van der Waals surface area contributed by atoms with Crippen LogP contribution in [-0.4, -0.2) is 146 Å². The van der Waals surface area contributed by atoms with E-state index in [1.807, 2.05) is 0 Å². The van der Waals surface area contributed by atoms with Crippen molar-refractivity contribution in [1.82, 2.24) is 37.2 Å². The Labute approximate surface area is 378 Å². The van der Waals surface area contributed by atoms with Gasteiger partial charge in [-0.15, -0.1) is 0 Å². The molecule has 0 aliphatic heterocycles. The summed E-state index contributed by atoms with van der Waals surface area (Å²) in [5.74, 6) is -9.04. The number of rotatable bonds is 33. The predicted octanol–water partition coefficient (Wildman–Crippen LogP) is -2.88. The summed E-state index contributed by atoms with van der Waals surface area (Å²) in [6, 6.07) is -1.52. The van der Waals surface area contributed by atoms with E-state index in [-0.39, 0.29) is 74.2 Å². The van der Waals surface area contributed by atoms with Crippen LogP contribution in [0.1, 0.15) is 83.3 Å². The van der Waals surface area contributed by atoms with Crippen molar-refractivity contribution >= 4 is 64.9 Å². The lowest BCUT2D eigenvalue weighted by Gasteiger charge is -2.23. The first kappa shape index (κ1) is 56.9. The van der Waals surface area contributed by atoms with Crippen molar-refractivity contribution in [3.05, 3.63) is 27.8 Å². The van der Waals surface area contributed by atoms with Gasteiger partial charge in [0.25, 0.3) is 5.69 Å². The Morgan fingerprint density at radius 3 is 1.83 bits per heavy atom. The average Bonchev–Trinajstić information content (AvgIpc) is 3.25. The minimum absolute atomic E-state index is 0.00406. The molecule has 1 rings (SSSR count). The largest absolute Gasteiger partial charge is 0.493 e. The lowest BCUT2D eigenvalue weighted by molar-refractivity contribution is -0.386. The lowest BCUT2D eigenvalue weighted by atomic mass is 10.1. The number of ether oxygens (including phenoxy) is 3. The Morgan fingerprint density at radius 1 is 0.697 bits per heavy atom. The van der Waals surface area contributed by atoms with Gasteiger partial charge in [-0.25, -0.2) is 0 Å². The van der Waals surface area contributed by atoms with Gasteiger partial charge in [-0.3, -0.25) is 58.1 Å². The van der Waals surface area contributed by atoms with Gasteiger partial charge in [-0.2, -0.15) is 0 Å². The van der Waals surface area contributed by atoms with Crippen molar-refractivity contribution in [2.24, 2.45) is 11.5 Å².